The van der Waals surface area contributed by atoms with Crippen LogP contribution in [-0.4, -0.2) is 15.0 Å². The van der Waals surface area contributed by atoms with E-state index < -0.39 is 0 Å². The van der Waals surface area contributed by atoms with E-state index in [9.17, 15) is 0 Å². The number of aromatic amines is 2. The van der Waals surface area contributed by atoms with Crippen LogP contribution in [0, 0.1) is 6.92 Å². The molecular weight excluding hydrogens is 230 g/mol. The maximum absolute atomic E-state index is 4.57. The minimum Gasteiger partial charge on any atom is -0.360 e. The van der Waals surface area contributed by atoms with Gasteiger partial charge < -0.3 is 9.97 Å². The van der Waals surface area contributed by atoms with Crippen LogP contribution >= 0.6 is 12.6 Å². The molecule has 1 aromatic carbocycles. The summed E-state index contributed by atoms with van der Waals surface area (Å²) in [6, 6.07) is 8.25. The quantitative estimate of drug-likeness (QED) is 0.594. The second kappa shape index (κ2) is 3.96. The normalized spacial score (nSPS) is 11.2. The van der Waals surface area contributed by atoms with E-state index in [0.29, 0.717) is 5.75 Å². The zero-order valence-corrected chi connectivity index (χ0v) is 10.4. The minimum absolute atomic E-state index is 0.628. The lowest BCUT2D eigenvalue weighted by Gasteiger charge is -1.95. The number of imidazole rings is 1. The number of rotatable bonds is 2. The van der Waals surface area contributed by atoms with Crippen molar-refractivity contribution in [1.29, 1.82) is 0 Å². The molecule has 0 fully saturated rings. The average molecular weight is 243 g/mol. The summed E-state index contributed by atoms with van der Waals surface area (Å²) < 4.78 is 0. The molecule has 0 aliphatic rings. The molecule has 3 aromatic rings. The fourth-order valence-electron chi connectivity index (χ4n) is 2.13. The Morgan fingerprint density at radius 3 is 2.88 bits per heavy atom. The number of benzene rings is 1. The average Bonchev–Trinajstić information content (AvgIpc) is 2.92. The van der Waals surface area contributed by atoms with Crippen LogP contribution in [0.1, 0.15) is 11.5 Å². The first-order valence-corrected chi connectivity index (χ1v) is 6.15. The summed E-state index contributed by atoms with van der Waals surface area (Å²) in [7, 11) is 0. The maximum atomic E-state index is 4.57. The molecule has 3 nitrogen and oxygen atoms in total. The standard InChI is InChI=1S/C13H13N3S/c1-8-13(16-12(7-17)15-8)10-6-14-11-5-3-2-4-9(10)11/h2-6,14,17H,7H2,1H3,(H,15,16). The topological polar surface area (TPSA) is 44.5 Å². The summed E-state index contributed by atoms with van der Waals surface area (Å²) in [6.07, 6.45) is 2.01. The highest BCUT2D eigenvalue weighted by atomic mass is 32.1. The predicted molar refractivity (Wildman–Crippen MR) is 73.3 cm³/mol. The molecule has 2 heterocycles. The fourth-order valence-corrected chi connectivity index (χ4v) is 2.28. The Morgan fingerprint density at radius 2 is 2.12 bits per heavy atom. The second-order valence-electron chi connectivity index (χ2n) is 4.06. The van der Waals surface area contributed by atoms with Crippen LogP contribution in [0.2, 0.25) is 0 Å². The number of nitrogens with one attached hydrogen (secondary N) is 2. The van der Waals surface area contributed by atoms with E-state index in [-0.39, 0.29) is 0 Å². The first-order chi connectivity index (χ1) is 8.29. The Morgan fingerprint density at radius 1 is 1.29 bits per heavy atom. The fraction of sp³-hybridized carbons (Fsp3) is 0.154. The van der Waals surface area contributed by atoms with E-state index in [2.05, 4.69) is 39.7 Å². The van der Waals surface area contributed by atoms with E-state index >= 15 is 0 Å². The van der Waals surface area contributed by atoms with E-state index in [1.807, 2.05) is 25.3 Å². The van der Waals surface area contributed by atoms with Crippen LogP contribution in [0.25, 0.3) is 22.2 Å². The summed E-state index contributed by atoms with van der Waals surface area (Å²) in [5.74, 6) is 1.54. The van der Waals surface area contributed by atoms with Gasteiger partial charge in [0.2, 0.25) is 0 Å². The van der Waals surface area contributed by atoms with Crippen molar-refractivity contribution in [2.24, 2.45) is 0 Å². The molecule has 2 N–H and O–H groups in total. The molecule has 4 heteroatoms. The highest BCUT2D eigenvalue weighted by Gasteiger charge is 2.12. The zero-order valence-electron chi connectivity index (χ0n) is 9.49. The Hall–Kier alpha value is -1.68. The van der Waals surface area contributed by atoms with E-state index in [0.717, 1.165) is 28.3 Å². The molecule has 0 saturated carbocycles. The van der Waals surface area contributed by atoms with Gasteiger partial charge in [0.25, 0.3) is 0 Å². The molecule has 2 aromatic heterocycles. The first-order valence-electron chi connectivity index (χ1n) is 5.52. The molecule has 0 unspecified atom stereocenters. The van der Waals surface area contributed by atoms with Crippen molar-refractivity contribution in [3.8, 4) is 11.3 Å². The lowest BCUT2D eigenvalue weighted by atomic mass is 10.1. The summed E-state index contributed by atoms with van der Waals surface area (Å²) in [4.78, 5) is 11.1. The molecule has 0 spiro atoms. The molecule has 0 aliphatic heterocycles. The zero-order chi connectivity index (χ0) is 11.8. The predicted octanol–water partition coefficient (Wildman–Crippen LogP) is 3.30. The Balaban J connectivity index is 2.23. The number of para-hydroxylation sites is 1. The molecule has 17 heavy (non-hydrogen) atoms. The number of thiol groups is 1. The van der Waals surface area contributed by atoms with Crippen molar-refractivity contribution in [2.45, 2.75) is 12.7 Å². The van der Waals surface area contributed by atoms with Crippen LogP contribution in [-0.2, 0) is 5.75 Å². The van der Waals surface area contributed by atoms with E-state index in [1.165, 1.54) is 5.39 Å². The van der Waals surface area contributed by atoms with Crippen LogP contribution in [0.15, 0.2) is 30.5 Å². The number of hydrogen-bond acceptors (Lipinski definition) is 2. The number of hydrogen-bond donors (Lipinski definition) is 3. The summed E-state index contributed by atoms with van der Waals surface area (Å²) in [5.41, 5.74) is 4.37. The van der Waals surface area contributed by atoms with Crippen molar-refractivity contribution in [2.75, 3.05) is 0 Å². The third-order valence-corrected chi connectivity index (χ3v) is 3.23. The lowest BCUT2D eigenvalue weighted by Crippen LogP contribution is -1.80. The first kappa shape index (κ1) is 10.5. The summed E-state index contributed by atoms with van der Waals surface area (Å²) >= 11 is 4.24. The van der Waals surface area contributed by atoms with Gasteiger partial charge >= 0.3 is 0 Å². The second-order valence-corrected chi connectivity index (χ2v) is 4.38. The Labute approximate surface area is 105 Å². The van der Waals surface area contributed by atoms with Gasteiger partial charge in [-0.15, -0.1) is 0 Å². The molecule has 0 saturated heterocycles. The van der Waals surface area contributed by atoms with Gasteiger partial charge in [0.15, 0.2) is 0 Å². The van der Waals surface area contributed by atoms with Crippen molar-refractivity contribution in [3.63, 3.8) is 0 Å². The van der Waals surface area contributed by atoms with Crippen molar-refractivity contribution < 1.29 is 0 Å². The number of nitrogens with zero attached hydrogens (tertiary/aromatic N) is 1. The number of aryl methyl sites for hydroxylation is 1. The third kappa shape index (κ3) is 1.65. The Kier molecular flexibility index (Phi) is 2.44. The van der Waals surface area contributed by atoms with Gasteiger partial charge in [-0.25, -0.2) is 4.98 Å². The SMILES string of the molecule is Cc1[nH]c(CS)nc1-c1c[nH]c2ccccc12. The number of aromatic nitrogens is 3. The van der Waals surface area contributed by atoms with Crippen molar-refractivity contribution in [1.82, 2.24) is 15.0 Å². The van der Waals surface area contributed by atoms with Gasteiger partial charge in [0, 0.05) is 34.1 Å². The molecular formula is C13H13N3S. The van der Waals surface area contributed by atoms with Crippen LogP contribution in [0.4, 0.5) is 0 Å². The molecule has 86 valence electrons. The van der Waals surface area contributed by atoms with Gasteiger partial charge in [0.1, 0.15) is 5.82 Å². The van der Waals surface area contributed by atoms with Crippen LogP contribution in [0.5, 0.6) is 0 Å². The van der Waals surface area contributed by atoms with Crippen LogP contribution < -0.4 is 0 Å². The smallest absolute Gasteiger partial charge is 0.116 e. The highest BCUT2D eigenvalue weighted by Crippen LogP contribution is 2.29. The highest BCUT2D eigenvalue weighted by molar-refractivity contribution is 7.79. The van der Waals surface area contributed by atoms with Crippen LogP contribution in [0.3, 0.4) is 0 Å². The number of fused-ring (bicyclic) bond motifs is 1. The molecule has 0 aliphatic carbocycles. The summed E-state index contributed by atoms with van der Waals surface area (Å²) in [6.45, 7) is 2.04. The van der Waals surface area contributed by atoms with Crippen molar-refractivity contribution >= 4 is 23.5 Å². The maximum Gasteiger partial charge on any atom is 0.116 e. The van der Waals surface area contributed by atoms with Gasteiger partial charge in [-0.3, -0.25) is 0 Å². The minimum atomic E-state index is 0.628. The lowest BCUT2D eigenvalue weighted by molar-refractivity contribution is 1.11. The van der Waals surface area contributed by atoms with E-state index in [1.54, 1.807) is 0 Å². The molecule has 0 radical (unpaired) electrons. The van der Waals surface area contributed by atoms with Gasteiger partial charge in [-0.2, -0.15) is 12.6 Å². The summed E-state index contributed by atoms with van der Waals surface area (Å²) in [5, 5.41) is 1.20. The molecule has 3 rings (SSSR count). The number of H-pyrrole nitrogens is 2. The van der Waals surface area contributed by atoms with Gasteiger partial charge in [-0.1, -0.05) is 18.2 Å². The monoisotopic (exact) mass is 243 g/mol. The third-order valence-electron chi connectivity index (χ3n) is 2.93. The van der Waals surface area contributed by atoms with Gasteiger partial charge in [0.05, 0.1) is 5.69 Å². The van der Waals surface area contributed by atoms with Gasteiger partial charge in [-0.05, 0) is 13.0 Å². The molecule has 0 bridgehead atoms. The van der Waals surface area contributed by atoms with E-state index in [4.69, 9.17) is 0 Å². The largest absolute Gasteiger partial charge is 0.360 e. The van der Waals surface area contributed by atoms with Crippen molar-refractivity contribution in [3.05, 3.63) is 42.0 Å². The molecule has 0 amide bonds. The Bertz CT molecular complexity index is 666. The molecule has 0 atom stereocenters.